The van der Waals surface area contributed by atoms with Crippen LogP contribution in [0.2, 0.25) is 0 Å². The van der Waals surface area contributed by atoms with E-state index in [-0.39, 0.29) is 30.5 Å². The molecule has 0 aliphatic carbocycles. The zero-order valence-electron chi connectivity index (χ0n) is 22.6. The Morgan fingerprint density at radius 2 is 1.63 bits per heavy atom. The van der Waals surface area contributed by atoms with E-state index in [4.69, 9.17) is 9.47 Å². The van der Waals surface area contributed by atoms with Gasteiger partial charge in [-0.2, -0.15) is 0 Å². The van der Waals surface area contributed by atoms with Crippen LogP contribution in [0.5, 0.6) is 5.75 Å². The molecule has 4 aromatic rings. The second kappa shape index (κ2) is 12.9. The van der Waals surface area contributed by atoms with Gasteiger partial charge in [0.2, 0.25) is 10.0 Å². The van der Waals surface area contributed by atoms with Crippen LogP contribution in [-0.2, 0) is 27.9 Å². The predicted octanol–water partition coefficient (Wildman–Crippen LogP) is 4.83. The zero-order chi connectivity index (χ0) is 28.7. The number of nitrogens with zero attached hydrogens (tertiary/aromatic N) is 2. The number of sulfonamides is 1. The van der Waals surface area contributed by atoms with Crippen LogP contribution in [0.25, 0.3) is 10.9 Å². The van der Waals surface area contributed by atoms with E-state index in [1.54, 1.807) is 15.5 Å². The molecule has 10 heteroatoms. The summed E-state index contributed by atoms with van der Waals surface area (Å²) >= 11 is 0. The van der Waals surface area contributed by atoms with Gasteiger partial charge in [0.15, 0.2) is 0 Å². The van der Waals surface area contributed by atoms with Gasteiger partial charge in [-0.15, -0.1) is 0 Å². The van der Waals surface area contributed by atoms with Crippen molar-refractivity contribution in [3.63, 3.8) is 0 Å². The first-order valence-electron chi connectivity index (χ1n) is 13.6. The Hall–Kier alpha value is -4.31. The number of nitrogens with one attached hydrogen (secondary N) is 1. The lowest BCUT2D eigenvalue weighted by Gasteiger charge is -2.31. The predicted molar refractivity (Wildman–Crippen MR) is 156 cm³/mol. The number of carbonyl (C=O) groups excluding carboxylic acids is 2. The fraction of sp³-hybridized carbons (Fsp3) is 0.290. The summed E-state index contributed by atoms with van der Waals surface area (Å²) < 4.78 is 41.5. The minimum Gasteiger partial charge on any atom is -0.492 e. The molecule has 0 spiro atoms. The molecule has 2 heterocycles. The summed E-state index contributed by atoms with van der Waals surface area (Å²) in [5.41, 5.74) is 1.92. The van der Waals surface area contributed by atoms with Gasteiger partial charge in [0.25, 0.3) is 5.91 Å². The monoisotopic (exact) mass is 575 g/mol. The van der Waals surface area contributed by atoms with Gasteiger partial charge in [-0.25, -0.2) is 17.9 Å². The fourth-order valence-corrected chi connectivity index (χ4v) is 6.50. The van der Waals surface area contributed by atoms with Crippen LogP contribution in [-0.4, -0.2) is 55.3 Å². The van der Waals surface area contributed by atoms with Crippen molar-refractivity contribution in [1.29, 1.82) is 0 Å². The topological polar surface area (TPSA) is 107 Å². The van der Waals surface area contributed by atoms with Crippen LogP contribution in [0.1, 0.15) is 28.9 Å². The Bertz CT molecular complexity index is 1590. The lowest BCUT2D eigenvalue weighted by Crippen LogP contribution is -2.44. The molecule has 1 aromatic heterocycles. The summed E-state index contributed by atoms with van der Waals surface area (Å²) in [6, 6.07) is 27.9. The molecule has 1 aliphatic rings. The number of fused-ring (bicyclic) bond motifs is 1. The number of carbonyl (C=O) groups is 2. The second-order valence-corrected chi connectivity index (χ2v) is 11.9. The Kier molecular flexibility index (Phi) is 8.88. The van der Waals surface area contributed by atoms with E-state index in [0.29, 0.717) is 38.3 Å². The van der Waals surface area contributed by atoms with E-state index < -0.39 is 22.0 Å². The highest BCUT2D eigenvalue weighted by atomic mass is 32.2. The summed E-state index contributed by atoms with van der Waals surface area (Å²) in [5, 5.41) is 0.826. The first-order chi connectivity index (χ1) is 19.9. The maximum Gasteiger partial charge on any atom is 0.410 e. The van der Waals surface area contributed by atoms with Crippen molar-refractivity contribution in [2.75, 3.05) is 25.4 Å². The molecule has 0 saturated carbocycles. The summed E-state index contributed by atoms with van der Waals surface area (Å²) in [4.78, 5) is 27.4. The minimum absolute atomic E-state index is 0.152. The Balaban J connectivity index is 1.21. The summed E-state index contributed by atoms with van der Waals surface area (Å²) in [7, 11) is -3.97. The van der Waals surface area contributed by atoms with E-state index in [1.807, 2.05) is 84.9 Å². The fourth-order valence-electron chi connectivity index (χ4n) is 5.13. The lowest BCUT2D eigenvalue weighted by molar-refractivity contribution is 0.0811. The lowest BCUT2D eigenvalue weighted by atomic mass is 10.0. The van der Waals surface area contributed by atoms with Gasteiger partial charge in [-0.1, -0.05) is 66.7 Å². The van der Waals surface area contributed by atoms with Crippen LogP contribution >= 0.6 is 0 Å². The van der Waals surface area contributed by atoms with Gasteiger partial charge in [-0.3, -0.25) is 4.79 Å². The molecule has 1 N–H and O–H groups in total. The number of ether oxygens (including phenoxy) is 2. The zero-order valence-corrected chi connectivity index (χ0v) is 23.5. The van der Waals surface area contributed by atoms with E-state index >= 15 is 0 Å². The first-order valence-corrected chi connectivity index (χ1v) is 15.3. The van der Waals surface area contributed by atoms with Crippen molar-refractivity contribution >= 4 is 32.9 Å². The Morgan fingerprint density at radius 1 is 0.927 bits per heavy atom. The molecular formula is C31H33N3O6S. The number of amides is 2. The molecule has 9 nitrogen and oxygen atoms in total. The Labute approximate surface area is 239 Å². The third-order valence-electron chi connectivity index (χ3n) is 7.06. The quantitative estimate of drug-likeness (QED) is 0.290. The number of hydrogen-bond acceptors (Lipinski definition) is 6. The second-order valence-electron chi connectivity index (χ2n) is 10.1. The van der Waals surface area contributed by atoms with Crippen molar-refractivity contribution in [3.8, 4) is 5.75 Å². The number of rotatable bonds is 10. The number of piperidine rings is 1. The van der Waals surface area contributed by atoms with E-state index in [0.717, 1.165) is 16.5 Å². The standard InChI is InChI=1S/C31H33N3O6S/c35-30(29-20-26-13-7-8-16-28(26)34(29)18-19-39-27-14-5-2-6-15-27)32-41(37,38)23-25-12-9-17-33(21-25)31(36)40-22-24-10-3-1-4-11-24/h1-8,10-11,13-16,20,25H,9,12,17-19,21-23H2,(H,32,35). The number of likely N-dealkylation sites (tertiary alicyclic amines) is 1. The van der Waals surface area contributed by atoms with Gasteiger partial charge in [0.05, 0.1) is 12.3 Å². The number of benzene rings is 3. The van der Waals surface area contributed by atoms with Crippen LogP contribution in [0.3, 0.4) is 0 Å². The first kappa shape index (κ1) is 28.2. The van der Waals surface area contributed by atoms with Crippen LogP contribution in [0.4, 0.5) is 4.79 Å². The van der Waals surface area contributed by atoms with Crippen molar-refractivity contribution < 1.29 is 27.5 Å². The maximum atomic E-state index is 13.3. The molecule has 1 unspecified atom stereocenters. The average Bonchev–Trinajstić information content (AvgIpc) is 3.35. The molecule has 0 bridgehead atoms. The van der Waals surface area contributed by atoms with E-state index in [2.05, 4.69) is 4.72 Å². The van der Waals surface area contributed by atoms with Crippen LogP contribution in [0, 0.1) is 5.92 Å². The van der Waals surface area contributed by atoms with Crippen molar-refractivity contribution in [2.45, 2.75) is 26.0 Å². The molecule has 214 valence electrons. The molecule has 5 rings (SSSR count). The SMILES string of the molecule is O=C(NS(=O)(=O)CC1CCCN(C(=O)OCc2ccccc2)C1)c1cc2ccccc2n1CCOc1ccccc1. The molecular weight excluding hydrogens is 542 g/mol. The van der Waals surface area contributed by atoms with E-state index in [9.17, 15) is 18.0 Å². The smallest absolute Gasteiger partial charge is 0.410 e. The molecule has 1 atom stereocenters. The average molecular weight is 576 g/mol. The van der Waals surface area contributed by atoms with Gasteiger partial charge < -0.3 is 18.9 Å². The van der Waals surface area contributed by atoms with Gasteiger partial charge in [0.1, 0.15) is 24.7 Å². The summed E-state index contributed by atoms with van der Waals surface area (Å²) in [6.45, 7) is 1.56. The molecule has 2 amide bonds. The number of hydrogen-bond donors (Lipinski definition) is 1. The van der Waals surface area contributed by atoms with Gasteiger partial charge in [0, 0.05) is 24.0 Å². The van der Waals surface area contributed by atoms with Crippen LogP contribution < -0.4 is 9.46 Å². The largest absolute Gasteiger partial charge is 0.492 e. The van der Waals surface area contributed by atoms with Crippen molar-refractivity contribution in [1.82, 2.24) is 14.2 Å². The highest BCUT2D eigenvalue weighted by Crippen LogP contribution is 2.22. The van der Waals surface area contributed by atoms with Crippen molar-refractivity contribution in [3.05, 3.63) is 102 Å². The molecule has 1 aliphatic heterocycles. The summed E-state index contributed by atoms with van der Waals surface area (Å²) in [5.74, 6) is -0.569. The number of aromatic nitrogens is 1. The van der Waals surface area contributed by atoms with Crippen molar-refractivity contribution in [2.24, 2.45) is 5.92 Å². The number of para-hydroxylation sites is 2. The minimum atomic E-state index is -3.97. The molecule has 41 heavy (non-hydrogen) atoms. The highest BCUT2D eigenvalue weighted by molar-refractivity contribution is 7.90. The summed E-state index contributed by atoms with van der Waals surface area (Å²) in [6.07, 6.45) is 0.820. The molecule has 1 saturated heterocycles. The van der Waals surface area contributed by atoms with E-state index in [1.165, 1.54) is 0 Å². The maximum absolute atomic E-state index is 13.3. The molecule has 1 fully saturated rings. The Morgan fingerprint density at radius 3 is 2.41 bits per heavy atom. The normalized spacial score (nSPS) is 15.4. The highest BCUT2D eigenvalue weighted by Gasteiger charge is 2.30. The molecule has 0 radical (unpaired) electrons. The van der Waals surface area contributed by atoms with Crippen LogP contribution in [0.15, 0.2) is 91.0 Å². The van der Waals surface area contributed by atoms with Gasteiger partial charge >= 0.3 is 6.09 Å². The van der Waals surface area contributed by atoms with Gasteiger partial charge in [-0.05, 0) is 48.6 Å². The molecule has 3 aromatic carbocycles. The third kappa shape index (κ3) is 7.46. The third-order valence-corrected chi connectivity index (χ3v) is 8.46.